The zero-order chi connectivity index (χ0) is 23.0. The van der Waals surface area contributed by atoms with Gasteiger partial charge in [0.2, 0.25) is 6.41 Å². The summed E-state index contributed by atoms with van der Waals surface area (Å²) in [5.74, 6) is 0. The minimum absolute atomic E-state index is 0.133. The van der Waals surface area contributed by atoms with E-state index in [1.165, 1.54) is 0 Å². The van der Waals surface area contributed by atoms with Crippen LogP contribution in [-0.2, 0) is 19.6 Å². The summed E-state index contributed by atoms with van der Waals surface area (Å²) in [7, 11) is -3.92. The van der Waals surface area contributed by atoms with Crippen LogP contribution in [0.2, 0.25) is 0 Å². The normalized spacial score (nSPS) is 13.7. The Morgan fingerprint density at radius 3 is 2.41 bits per heavy atom. The summed E-state index contributed by atoms with van der Waals surface area (Å²) in [5.41, 5.74) is 7.14. The lowest BCUT2D eigenvalue weighted by Crippen LogP contribution is -2.37. The van der Waals surface area contributed by atoms with Crippen LogP contribution in [0.4, 0.5) is 22.7 Å². The Balaban J connectivity index is 1.90. The molecule has 12 heteroatoms. The van der Waals surface area contributed by atoms with Gasteiger partial charge < -0.3 is 20.3 Å². The van der Waals surface area contributed by atoms with Crippen molar-refractivity contribution >= 4 is 56.5 Å². The number of anilines is 4. The average molecular weight is 479 g/mol. The third-order valence-electron chi connectivity index (χ3n) is 4.61. The first kappa shape index (κ1) is 23.6. The Kier molecular flexibility index (Phi) is 8.09. The highest BCUT2D eigenvalue weighted by Gasteiger charge is 2.24. The van der Waals surface area contributed by atoms with Crippen LogP contribution in [0.3, 0.4) is 0 Å². The molecule has 1 heterocycles. The van der Waals surface area contributed by atoms with Crippen LogP contribution in [0.15, 0.2) is 47.4 Å². The molecule has 10 nitrogen and oxygen atoms in total. The lowest BCUT2D eigenvalue weighted by Gasteiger charge is -2.30. The van der Waals surface area contributed by atoms with Crippen LogP contribution in [0.5, 0.6) is 0 Å². The van der Waals surface area contributed by atoms with Crippen molar-refractivity contribution in [3.8, 4) is 0 Å². The molecule has 0 unspecified atom stereocenters. The third-order valence-corrected chi connectivity index (χ3v) is 6.27. The van der Waals surface area contributed by atoms with Crippen molar-refractivity contribution in [2.75, 3.05) is 53.2 Å². The highest BCUT2D eigenvalue weighted by molar-refractivity contribution is 7.93. The lowest BCUT2D eigenvalue weighted by molar-refractivity contribution is -0.109. The second-order valence-corrected chi connectivity index (χ2v) is 8.90. The van der Waals surface area contributed by atoms with E-state index in [9.17, 15) is 13.2 Å². The van der Waals surface area contributed by atoms with E-state index in [0.717, 1.165) is 0 Å². The summed E-state index contributed by atoms with van der Waals surface area (Å²) in [6.07, 6.45) is 0.506. The van der Waals surface area contributed by atoms with Gasteiger partial charge in [-0.1, -0.05) is 0 Å². The summed E-state index contributed by atoms with van der Waals surface area (Å²) >= 11 is 5.23. The summed E-state index contributed by atoms with van der Waals surface area (Å²) < 4.78 is 34.8. The predicted octanol–water partition coefficient (Wildman–Crippen LogP) is 1.70. The van der Waals surface area contributed by atoms with Crippen molar-refractivity contribution in [2.24, 2.45) is 0 Å². The standard InChI is InChI=1S/C20H26N6O4S2/c1-2-21-20(31)23-17-7-8-18(26-9-11-30-12-10-26)19(13-17)32(28,29)25-16-5-3-15(4-6-16)24-22-14-27/h3-8,13-14,24-25H,2,9-12H2,1H3,(H,22,27)(H2,21,23,31). The highest BCUT2D eigenvalue weighted by atomic mass is 32.2. The van der Waals surface area contributed by atoms with Gasteiger partial charge in [-0.15, -0.1) is 0 Å². The van der Waals surface area contributed by atoms with Gasteiger partial charge in [0.1, 0.15) is 4.90 Å². The fourth-order valence-electron chi connectivity index (χ4n) is 3.15. The molecule has 1 saturated heterocycles. The van der Waals surface area contributed by atoms with Gasteiger partial charge in [0, 0.05) is 31.0 Å². The first-order valence-electron chi connectivity index (χ1n) is 10.0. The molecule has 0 aromatic heterocycles. The monoisotopic (exact) mass is 478 g/mol. The summed E-state index contributed by atoms with van der Waals surface area (Å²) in [6, 6.07) is 11.6. The van der Waals surface area contributed by atoms with Crippen molar-refractivity contribution in [1.82, 2.24) is 10.7 Å². The number of hydrogen-bond donors (Lipinski definition) is 5. The molecule has 1 aliphatic rings. The third kappa shape index (κ3) is 6.22. The molecule has 32 heavy (non-hydrogen) atoms. The van der Waals surface area contributed by atoms with Crippen LogP contribution in [0.1, 0.15) is 6.92 Å². The average Bonchev–Trinajstić information content (AvgIpc) is 2.79. The highest BCUT2D eigenvalue weighted by Crippen LogP contribution is 2.31. The van der Waals surface area contributed by atoms with Crippen molar-refractivity contribution in [3.05, 3.63) is 42.5 Å². The Labute approximate surface area is 192 Å². The lowest BCUT2D eigenvalue weighted by atomic mass is 10.2. The van der Waals surface area contributed by atoms with Crippen molar-refractivity contribution < 1.29 is 17.9 Å². The number of carbonyl (C=O) groups is 1. The van der Waals surface area contributed by atoms with Crippen LogP contribution < -0.4 is 31.1 Å². The first-order chi connectivity index (χ1) is 15.4. The minimum atomic E-state index is -3.92. The van der Waals surface area contributed by atoms with Gasteiger partial charge >= 0.3 is 0 Å². The Hall–Kier alpha value is -3.09. The summed E-state index contributed by atoms with van der Waals surface area (Å²) in [4.78, 5) is 12.5. The van der Waals surface area contributed by atoms with Crippen molar-refractivity contribution in [2.45, 2.75) is 11.8 Å². The van der Waals surface area contributed by atoms with E-state index in [1.54, 1.807) is 42.5 Å². The van der Waals surface area contributed by atoms with E-state index >= 15 is 0 Å². The van der Waals surface area contributed by atoms with Crippen molar-refractivity contribution in [1.29, 1.82) is 0 Å². The summed E-state index contributed by atoms with van der Waals surface area (Å²) in [5, 5.41) is 6.41. The van der Waals surface area contributed by atoms with E-state index in [0.29, 0.717) is 67.1 Å². The number of hydrogen-bond acceptors (Lipinski definition) is 7. The van der Waals surface area contributed by atoms with Crippen LogP contribution >= 0.6 is 12.2 Å². The molecule has 0 saturated carbocycles. The molecule has 0 atom stereocenters. The fourth-order valence-corrected chi connectivity index (χ4v) is 4.73. The zero-order valence-corrected chi connectivity index (χ0v) is 19.2. The van der Waals surface area contributed by atoms with Crippen LogP contribution in [-0.4, -0.2) is 52.8 Å². The molecule has 5 N–H and O–H groups in total. The number of ether oxygens (including phenoxy) is 1. The molecule has 3 rings (SSSR count). The second-order valence-electron chi connectivity index (χ2n) is 6.84. The van der Waals surface area contributed by atoms with E-state index in [-0.39, 0.29) is 4.90 Å². The number of rotatable bonds is 9. The van der Waals surface area contributed by atoms with Gasteiger partial charge in [-0.3, -0.25) is 20.4 Å². The minimum Gasteiger partial charge on any atom is -0.378 e. The smallest absolute Gasteiger partial charge is 0.264 e. The largest absolute Gasteiger partial charge is 0.378 e. The van der Waals surface area contributed by atoms with Crippen LogP contribution in [0, 0.1) is 0 Å². The maximum atomic E-state index is 13.4. The van der Waals surface area contributed by atoms with Gasteiger partial charge in [0.15, 0.2) is 5.11 Å². The van der Waals surface area contributed by atoms with Gasteiger partial charge in [-0.2, -0.15) is 0 Å². The molecular formula is C20H26N6O4S2. The zero-order valence-electron chi connectivity index (χ0n) is 17.6. The number of nitrogens with one attached hydrogen (secondary N) is 5. The molecule has 0 radical (unpaired) electrons. The molecule has 0 bridgehead atoms. The van der Waals surface area contributed by atoms with Gasteiger partial charge in [-0.25, -0.2) is 8.42 Å². The molecule has 2 aromatic carbocycles. The van der Waals surface area contributed by atoms with E-state index in [4.69, 9.17) is 17.0 Å². The molecule has 1 fully saturated rings. The molecule has 1 amide bonds. The second kappa shape index (κ2) is 11.0. The number of morpholine rings is 1. The number of amides is 1. The van der Waals surface area contributed by atoms with E-state index in [1.807, 2.05) is 11.8 Å². The number of hydrazine groups is 1. The van der Waals surface area contributed by atoms with Crippen molar-refractivity contribution in [3.63, 3.8) is 0 Å². The molecule has 2 aromatic rings. The molecule has 0 aliphatic carbocycles. The topological polar surface area (TPSA) is 124 Å². The fraction of sp³-hybridized carbons (Fsp3) is 0.300. The molecule has 0 spiro atoms. The number of benzene rings is 2. The van der Waals surface area contributed by atoms with E-state index < -0.39 is 10.0 Å². The Morgan fingerprint density at radius 2 is 1.75 bits per heavy atom. The number of thiocarbonyl (C=S) groups is 1. The number of nitrogens with zero attached hydrogens (tertiary/aromatic N) is 1. The molecular weight excluding hydrogens is 452 g/mol. The first-order valence-corrected chi connectivity index (χ1v) is 11.9. The maximum absolute atomic E-state index is 13.4. The molecule has 172 valence electrons. The number of sulfonamides is 1. The quantitative estimate of drug-likeness (QED) is 0.208. The summed E-state index contributed by atoms with van der Waals surface area (Å²) in [6.45, 7) is 4.81. The Morgan fingerprint density at radius 1 is 1.09 bits per heavy atom. The van der Waals surface area contributed by atoms with Gasteiger partial charge in [0.25, 0.3) is 10.0 Å². The van der Waals surface area contributed by atoms with Crippen LogP contribution in [0.25, 0.3) is 0 Å². The predicted molar refractivity (Wildman–Crippen MR) is 129 cm³/mol. The number of carbonyl (C=O) groups excluding carboxylic acids is 1. The van der Waals surface area contributed by atoms with Gasteiger partial charge in [-0.05, 0) is 61.6 Å². The maximum Gasteiger partial charge on any atom is 0.264 e. The van der Waals surface area contributed by atoms with Gasteiger partial charge in [0.05, 0.1) is 24.6 Å². The molecule has 1 aliphatic heterocycles. The Bertz CT molecular complexity index is 1040. The SMILES string of the molecule is CCNC(=S)Nc1ccc(N2CCOCC2)c(S(=O)(=O)Nc2ccc(NNC=O)cc2)c1. The van der Waals surface area contributed by atoms with E-state index in [2.05, 4.69) is 26.2 Å².